The van der Waals surface area contributed by atoms with Gasteiger partial charge in [-0.1, -0.05) is 30.3 Å². The van der Waals surface area contributed by atoms with E-state index in [-0.39, 0.29) is 12.6 Å². The molecule has 2 N–H and O–H groups in total. The van der Waals surface area contributed by atoms with Gasteiger partial charge in [-0.15, -0.1) is 0 Å². The van der Waals surface area contributed by atoms with Crippen LogP contribution in [0.2, 0.25) is 0 Å². The normalized spacial score (nSPS) is 21.5. The lowest BCUT2D eigenvalue weighted by molar-refractivity contribution is -0.0172. The minimum absolute atomic E-state index is 0.210. The van der Waals surface area contributed by atoms with Crippen LogP contribution in [-0.4, -0.2) is 49.9 Å². The molecule has 7 heteroatoms. The van der Waals surface area contributed by atoms with Gasteiger partial charge in [-0.25, -0.2) is 4.39 Å². The summed E-state index contributed by atoms with van der Waals surface area (Å²) in [4.78, 5) is 6.87. The van der Waals surface area contributed by atoms with Gasteiger partial charge in [0.15, 0.2) is 12.8 Å². The highest BCUT2D eigenvalue weighted by Crippen LogP contribution is 2.29. The third-order valence-corrected chi connectivity index (χ3v) is 5.94. The predicted molar refractivity (Wildman–Crippen MR) is 120 cm³/mol. The topological polar surface area (TPSA) is 58.1 Å². The number of nitrogens with zero attached hydrogens (tertiary/aromatic N) is 2. The molecule has 2 atom stereocenters. The van der Waals surface area contributed by atoms with Crippen molar-refractivity contribution < 1.29 is 13.9 Å². The van der Waals surface area contributed by atoms with Gasteiger partial charge in [0.1, 0.15) is 11.6 Å². The molecule has 0 bridgehead atoms. The van der Waals surface area contributed by atoms with Crippen LogP contribution in [0.25, 0.3) is 0 Å². The van der Waals surface area contributed by atoms with Crippen molar-refractivity contribution in [3.05, 3.63) is 65.0 Å². The zero-order valence-electron chi connectivity index (χ0n) is 18.2. The van der Waals surface area contributed by atoms with E-state index in [0.29, 0.717) is 31.7 Å². The Bertz CT molecular complexity index is 906. The number of nitrogens with one attached hydrogen (secondary N) is 2. The molecule has 2 aliphatic heterocycles. The average molecular weight is 427 g/mol. The standard InChI is InChI=1S/C24H31FN4O2/c1-17-10-22(14-29(17)13-18-6-4-3-5-7-18)28-24(26-2)27-9-8-19-11-21(25)12-20-15-30-16-31-23(19)20/h3-7,11-12,17,22H,8-10,13-16H2,1-2H3,(H2,26,27,28). The van der Waals surface area contributed by atoms with Gasteiger partial charge in [-0.05, 0) is 43.0 Å². The maximum atomic E-state index is 13.9. The molecule has 1 fully saturated rings. The molecule has 2 aromatic carbocycles. The molecule has 2 heterocycles. The first-order chi connectivity index (χ1) is 15.1. The van der Waals surface area contributed by atoms with E-state index in [1.54, 1.807) is 13.1 Å². The van der Waals surface area contributed by atoms with Gasteiger partial charge >= 0.3 is 0 Å². The van der Waals surface area contributed by atoms with E-state index in [1.807, 2.05) is 0 Å². The van der Waals surface area contributed by atoms with Crippen molar-refractivity contribution in [2.75, 3.05) is 26.9 Å². The first-order valence-corrected chi connectivity index (χ1v) is 10.9. The summed E-state index contributed by atoms with van der Waals surface area (Å²) in [6, 6.07) is 14.5. The summed E-state index contributed by atoms with van der Waals surface area (Å²) in [5.74, 6) is 1.26. The molecule has 31 heavy (non-hydrogen) atoms. The summed E-state index contributed by atoms with van der Waals surface area (Å²) in [6.07, 6.45) is 1.71. The first-order valence-electron chi connectivity index (χ1n) is 10.9. The lowest BCUT2D eigenvalue weighted by Crippen LogP contribution is -2.45. The van der Waals surface area contributed by atoms with E-state index in [4.69, 9.17) is 9.47 Å². The van der Waals surface area contributed by atoms with Crippen molar-refractivity contribution >= 4 is 5.96 Å². The van der Waals surface area contributed by atoms with Crippen LogP contribution in [0.15, 0.2) is 47.5 Å². The van der Waals surface area contributed by atoms with Crippen molar-refractivity contribution in [1.29, 1.82) is 0 Å². The zero-order valence-corrected chi connectivity index (χ0v) is 18.2. The molecule has 2 aromatic rings. The van der Waals surface area contributed by atoms with Crippen LogP contribution in [0.1, 0.15) is 30.0 Å². The molecule has 166 valence electrons. The van der Waals surface area contributed by atoms with Crippen LogP contribution in [0.5, 0.6) is 5.75 Å². The van der Waals surface area contributed by atoms with Crippen molar-refractivity contribution in [1.82, 2.24) is 15.5 Å². The number of hydrogen-bond donors (Lipinski definition) is 2. The second-order valence-corrected chi connectivity index (χ2v) is 8.25. The molecule has 2 unspecified atom stereocenters. The molecule has 0 saturated carbocycles. The predicted octanol–water partition coefficient (Wildman–Crippen LogP) is 3.06. The minimum Gasteiger partial charge on any atom is -0.467 e. The fourth-order valence-electron chi connectivity index (χ4n) is 4.39. The number of guanidine groups is 1. The third-order valence-electron chi connectivity index (χ3n) is 5.94. The molecule has 1 saturated heterocycles. The fourth-order valence-corrected chi connectivity index (χ4v) is 4.39. The Kier molecular flexibility index (Phi) is 7.04. The van der Waals surface area contributed by atoms with Crippen molar-refractivity contribution in [3.8, 4) is 5.75 Å². The van der Waals surface area contributed by atoms with E-state index in [1.165, 1.54) is 11.6 Å². The minimum atomic E-state index is -0.260. The Morgan fingerprint density at radius 3 is 2.90 bits per heavy atom. The Morgan fingerprint density at radius 1 is 1.26 bits per heavy atom. The molecular weight excluding hydrogens is 395 g/mol. The van der Waals surface area contributed by atoms with Gasteiger partial charge in [0.25, 0.3) is 0 Å². The second-order valence-electron chi connectivity index (χ2n) is 8.25. The smallest absolute Gasteiger partial charge is 0.191 e. The molecular formula is C24H31FN4O2. The van der Waals surface area contributed by atoms with E-state index in [2.05, 4.69) is 57.8 Å². The van der Waals surface area contributed by atoms with Crippen molar-refractivity contribution in [3.63, 3.8) is 0 Å². The molecule has 0 radical (unpaired) electrons. The van der Waals surface area contributed by atoms with Crippen LogP contribution in [0, 0.1) is 5.82 Å². The van der Waals surface area contributed by atoms with Crippen molar-refractivity contribution in [2.24, 2.45) is 4.99 Å². The number of benzene rings is 2. The Morgan fingerprint density at radius 2 is 2.10 bits per heavy atom. The summed E-state index contributed by atoms with van der Waals surface area (Å²) in [7, 11) is 1.78. The van der Waals surface area contributed by atoms with Gasteiger partial charge in [0.2, 0.25) is 0 Å². The van der Waals surface area contributed by atoms with E-state index in [9.17, 15) is 4.39 Å². The number of rotatable bonds is 6. The zero-order chi connectivity index (χ0) is 21.6. The number of ether oxygens (including phenoxy) is 2. The number of hydrogen-bond acceptors (Lipinski definition) is 4. The lowest BCUT2D eigenvalue weighted by Gasteiger charge is -2.22. The summed E-state index contributed by atoms with van der Waals surface area (Å²) in [5, 5.41) is 6.91. The Labute approximate surface area is 183 Å². The van der Waals surface area contributed by atoms with Crippen molar-refractivity contribution in [2.45, 2.75) is 45.0 Å². The second kappa shape index (κ2) is 10.1. The number of likely N-dealkylation sites (tertiary alicyclic amines) is 1. The quantitative estimate of drug-likeness (QED) is 0.549. The highest BCUT2D eigenvalue weighted by Gasteiger charge is 2.29. The van der Waals surface area contributed by atoms with Gasteiger partial charge in [-0.3, -0.25) is 9.89 Å². The summed E-state index contributed by atoms with van der Waals surface area (Å²) in [6.45, 7) is 5.44. The Hall–Kier alpha value is -2.64. The molecule has 4 rings (SSSR count). The van der Waals surface area contributed by atoms with E-state index < -0.39 is 0 Å². The van der Waals surface area contributed by atoms with Crippen LogP contribution in [-0.2, 0) is 24.3 Å². The maximum absolute atomic E-state index is 13.9. The van der Waals surface area contributed by atoms with Crippen LogP contribution in [0.4, 0.5) is 4.39 Å². The van der Waals surface area contributed by atoms with E-state index in [0.717, 1.165) is 42.3 Å². The molecule has 6 nitrogen and oxygen atoms in total. The molecule has 2 aliphatic rings. The van der Waals surface area contributed by atoms with Crippen LogP contribution < -0.4 is 15.4 Å². The van der Waals surface area contributed by atoms with Crippen LogP contribution in [0.3, 0.4) is 0 Å². The Balaban J connectivity index is 1.28. The van der Waals surface area contributed by atoms with Gasteiger partial charge in [0.05, 0.1) is 6.61 Å². The number of halogens is 1. The SMILES string of the molecule is CN=C(NCCc1cc(F)cc2c1OCOC2)NC1CC(C)N(Cc2ccccc2)C1. The average Bonchev–Trinajstić information content (AvgIpc) is 3.12. The maximum Gasteiger partial charge on any atom is 0.191 e. The summed E-state index contributed by atoms with van der Waals surface area (Å²) in [5.41, 5.74) is 2.95. The molecule has 0 amide bonds. The van der Waals surface area contributed by atoms with Gasteiger partial charge in [-0.2, -0.15) is 0 Å². The monoisotopic (exact) mass is 426 g/mol. The van der Waals surface area contributed by atoms with Gasteiger partial charge in [0, 0.05) is 44.3 Å². The largest absolute Gasteiger partial charge is 0.467 e. The number of aliphatic imine (C=N–C) groups is 1. The fraction of sp³-hybridized carbons (Fsp3) is 0.458. The molecule has 0 aromatic heterocycles. The molecule has 0 spiro atoms. The highest BCUT2D eigenvalue weighted by molar-refractivity contribution is 5.80. The highest BCUT2D eigenvalue weighted by atomic mass is 19.1. The molecule has 0 aliphatic carbocycles. The third kappa shape index (κ3) is 5.54. The summed E-state index contributed by atoms with van der Waals surface area (Å²) < 4.78 is 24.8. The summed E-state index contributed by atoms with van der Waals surface area (Å²) >= 11 is 0. The van der Waals surface area contributed by atoms with E-state index >= 15 is 0 Å². The van der Waals surface area contributed by atoms with Gasteiger partial charge < -0.3 is 20.1 Å². The number of fused-ring (bicyclic) bond motifs is 1. The first kappa shape index (κ1) is 21.6. The van der Waals surface area contributed by atoms with Crippen LogP contribution >= 0.6 is 0 Å². The lowest BCUT2D eigenvalue weighted by atomic mass is 10.1.